The Hall–Kier alpha value is -1.82. The molecule has 0 spiro atoms. The molecule has 5 nitrogen and oxygen atoms in total. The van der Waals surface area contributed by atoms with Gasteiger partial charge < -0.3 is 9.73 Å². The molecule has 0 unspecified atom stereocenters. The summed E-state index contributed by atoms with van der Waals surface area (Å²) in [6.45, 7) is 4.28. The fourth-order valence-electron chi connectivity index (χ4n) is 1.42. The summed E-state index contributed by atoms with van der Waals surface area (Å²) < 4.78 is 5.17. The zero-order valence-electron chi connectivity index (χ0n) is 10.8. The van der Waals surface area contributed by atoms with Crippen LogP contribution in [-0.2, 0) is 11.3 Å². The number of carbonyl (C=O) groups excluding carboxylic acids is 1. The number of hydrogen-bond donors (Lipinski definition) is 1. The van der Waals surface area contributed by atoms with Crippen molar-refractivity contribution in [2.45, 2.75) is 25.6 Å². The minimum absolute atomic E-state index is 0.0542. The summed E-state index contributed by atoms with van der Waals surface area (Å²) >= 11 is 1.23. The van der Waals surface area contributed by atoms with Crippen LogP contribution in [0.5, 0.6) is 0 Å². The molecule has 19 heavy (non-hydrogen) atoms. The first-order valence-corrected chi connectivity index (χ1v) is 6.87. The fourth-order valence-corrected chi connectivity index (χ4v) is 2.06. The van der Waals surface area contributed by atoms with Crippen LogP contribution in [0.2, 0.25) is 0 Å². The molecule has 1 aromatic heterocycles. The number of nitrogens with one attached hydrogen (secondary N) is 1. The topological polar surface area (TPSA) is 68.0 Å². The Morgan fingerprint density at radius 3 is 2.63 bits per heavy atom. The minimum Gasteiger partial charge on any atom is -0.416 e. The van der Waals surface area contributed by atoms with Gasteiger partial charge in [0.15, 0.2) is 0 Å². The number of nitrogens with zero attached hydrogens (tertiary/aromatic N) is 2. The smallest absolute Gasteiger partial charge is 0.277 e. The van der Waals surface area contributed by atoms with Gasteiger partial charge in [-0.15, -0.1) is 10.2 Å². The molecule has 2 rings (SSSR count). The van der Waals surface area contributed by atoms with Crippen LogP contribution in [0.3, 0.4) is 0 Å². The Morgan fingerprint density at radius 1 is 1.26 bits per heavy atom. The van der Waals surface area contributed by atoms with E-state index in [0.29, 0.717) is 17.7 Å². The highest BCUT2D eigenvalue weighted by Crippen LogP contribution is 2.14. The summed E-state index contributed by atoms with van der Waals surface area (Å²) in [5, 5.41) is 10.8. The van der Waals surface area contributed by atoms with Crippen molar-refractivity contribution < 1.29 is 9.21 Å². The van der Waals surface area contributed by atoms with Crippen LogP contribution in [0.4, 0.5) is 0 Å². The second-order valence-electron chi connectivity index (χ2n) is 4.14. The van der Waals surface area contributed by atoms with Gasteiger partial charge in [-0.05, 0) is 12.5 Å². The van der Waals surface area contributed by atoms with Gasteiger partial charge in [-0.3, -0.25) is 4.79 Å². The lowest BCUT2D eigenvalue weighted by Crippen LogP contribution is -2.24. The van der Waals surface area contributed by atoms with E-state index in [2.05, 4.69) is 15.5 Å². The van der Waals surface area contributed by atoms with E-state index in [1.807, 2.05) is 31.2 Å². The Balaban J connectivity index is 1.74. The first-order chi connectivity index (χ1) is 9.13. The molecule has 0 atom stereocenters. The van der Waals surface area contributed by atoms with Gasteiger partial charge in [-0.1, -0.05) is 41.6 Å². The highest BCUT2D eigenvalue weighted by molar-refractivity contribution is 7.99. The highest BCUT2D eigenvalue weighted by Gasteiger charge is 2.07. The largest absolute Gasteiger partial charge is 0.416 e. The third-order valence-electron chi connectivity index (χ3n) is 2.44. The van der Waals surface area contributed by atoms with Crippen LogP contribution < -0.4 is 5.32 Å². The number of benzene rings is 1. The van der Waals surface area contributed by atoms with Crippen molar-refractivity contribution in [3.63, 3.8) is 0 Å². The monoisotopic (exact) mass is 277 g/mol. The molecule has 1 N–H and O–H groups in total. The zero-order valence-corrected chi connectivity index (χ0v) is 11.7. The molecule has 0 radical (unpaired) electrons. The number of thioether (sulfide) groups is 1. The molecule has 0 aliphatic carbocycles. The molecule has 0 bridgehead atoms. The average molecular weight is 277 g/mol. The summed E-state index contributed by atoms with van der Waals surface area (Å²) in [7, 11) is 0. The second kappa shape index (κ2) is 6.38. The van der Waals surface area contributed by atoms with Crippen molar-refractivity contribution in [2.24, 2.45) is 0 Å². The normalized spacial score (nSPS) is 10.4. The van der Waals surface area contributed by atoms with Gasteiger partial charge in [0.25, 0.3) is 5.22 Å². The molecule has 6 heteroatoms. The molecule has 0 saturated heterocycles. The molecule has 0 aliphatic heterocycles. The number of rotatable bonds is 5. The van der Waals surface area contributed by atoms with E-state index in [9.17, 15) is 4.79 Å². The Morgan fingerprint density at radius 2 is 2.00 bits per heavy atom. The van der Waals surface area contributed by atoms with Crippen LogP contribution in [0.15, 0.2) is 33.9 Å². The SMILES string of the molecule is Cc1ccc(CNC(=O)CSc2nnc(C)o2)cc1. The van der Waals surface area contributed by atoms with Gasteiger partial charge >= 0.3 is 0 Å². The molecule has 1 heterocycles. The van der Waals surface area contributed by atoms with Crippen molar-refractivity contribution in [3.05, 3.63) is 41.3 Å². The van der Waals surface area contributed by atoms with E-state index in [4.69, 9.17) is 4.42 Å². The average Bonchev–Trinajstić information content (AvgIpc) is 2.81. The van der Waals surface area contributed by atoms with Crippen LogP contribution in [0.25, 0.3) is 0 Å². The molecule has 0 fully saturated rings. The predicted molar refractivity (Wildman–Crippen MR) is 72.8 cm³/mol. The maximum atomic E-state index is 11.6. The Kier molecular flexibility index (Phi) is 4.57. The van der Waals surface area contributed by atoms with Crippen LogP contribution in [-0.4, -0.2) is 21.9 Å². The van der Waals surface area contributed by atoms with Gasteiger partial charge in [0.2, 0.25) is 11.8 Å². The van der Waals surface area contributed by atoms with Crippen LogP contribution in [0.1, 0.15) is 17.0 Å². The lowest BCUT2D eigenvalue weighted by molar-refractivity contribution is -0.118. The van der Waals surface area contributed by atoms with E-state index < -0.39 is 0 Å². The van der Waals surface area contributed by atoms with E-state index in [0.717, 1.165) is 5.56 Å². The van der Waals surface area contributed by atoms with E-state index in [-0.39, 0.29) is 11.7 Å². The van der Waals surface area contributed by atoms with Gasteiger partial charge in [0, 0.05) is 13.5 Å². The maximum absolute atomic E-state index is 11.6. The first kappa shape index (κ1) is 13.6. The lowest BCUT2D eigenvalue weighted by atomic mass is 10.1. The van der Waals surface area contributed by atoms with E-state index in [1.165, 1.54) is 17.3 Å². The second-order valence-corrected chi connectivity index (χ2v) is 5.06. The van der Waals surface area contributed by atoms with Gasteiger partial charge in [0.05, 0.1) is 5.75 Å². The Labute approximate surface area is 115 Å². The lowest BCUT2D eigenvalue weighted by Gasteiger charge is -2.04. The summed E-state index contributed by atoms with van der Waals surface area (Å²) in [5.74, 6) is 0.719. The van der Waals surface area contributed by atoms with Crippen molar-refractivity contribution in [2.75, 3.05) is 5.75 Å². The molecular weight excluding hydrogens is 262 g/mol. The number of amides is 1. The first-order valence-electron chi connectivity index (χ1n) is 5.88. The molecule has 1 amide bonds. The quantitative estimate of drug-likeness (QED) is 0.848. The number of hydrogen-bond acceptors (Lipinski definition) is 5. The van der Waals surface area contributed by atoms with Gasteiger partial charge in [-0.2, -0.15) is 0 Å². The third-order valence-corrected chi connectivity index (χ3v) is 3.26. The van der Waals surface area contributed by atoms with Crippen molar-refractivity contribution in [3.8, 4) is 0 Å². The molecule has 100 valence electrons. The minimum atomic E-state index is -0.0542. The standard InChI is InChI=1S/C13H15N3O2S/c1-9-3-5-11(6-4-9)7-14-12(17)8-19-13-16-15-10(2)18-13/h3-6H,7-8H2,1-2H3,(H,14,17). The van der Waals surface area contributed by atoms with Gasteiger partial charge in [-0.25, -0.2) is 0 Å². The predicted octanol–water partition coefficient (Wildman–Crippen LogP) is 2.09. The molecular formula is C13H15N3O2S. The van der Waals surface area contributed by atoms with E-state index >= 15 is 0 Å². The molecule has 0 saturated carbocycles. The third kappa shape index (κ3) is 4.40. The van der Waals surface area contributed by atoms with E-state index in [1.54, 1.807) is 6.92 Å². The summed E-state index contributed by atoms with van der Waals surface area (Å²) in [5.41, 5.74) is 2.29. The number of carbonyl (C=O) groups is 1. The van der Waals surface area contributed by atoms with Crippen LogP contribution in [0, 0.1) is 13.8 Å². The number of aromatic nitrogens is 2. The summed E-state index contributed by atoms with van der Waals surface area (Å²) in [6, 6.07) is 8.06. The van der Waals surface area contributed by atoms with Crippen molar-refractivity contribution in [1.82, 2.24) is 15.5 Å². The summed E-state index contributed by atoms with van der Waals surface area (Å²) in [6.07, 6.45) is 0. The van der Waals surface area contributed by atoms with Crippen molar-refractivity contribution >= 4 is 17.7 Å². The zero-order chi connectivity index (χ0) is 13.7. The van der Waals surface area contributed by atoms with Crippen LogP contribution >= 0.6 is 11.8 Å². The molecule has 1 aromatic carbocycles. The van der Waals surface area contributed by atoms with Crippen molar-refractivity contribution in [1.29, 1.82) is 0 Å². The fraction of sp³-hybridized carbons (Fsp3) is 0.308. The number of aryl methyl sites for hydroxylation is 2. The Bertz CT molecular complexity index is 551. The maximum Gasteiger partial charge on any atom is 0.277 e. The van der Waals surface area contributed by atoms with Gasteiger partial charge in [0.1, 0.15) is 0 Å². The molecule has 2 aromatic rings. The molecule has 0 aliphatic rings. The summed E-state index contributed by atoms with van der Waals surface area (Å²) in [4.78, 5) is 11.6. The highest BCUT2D eigenvalue weighted by atomic mass is 32.2.